The van der Waals surface area contributed by atoms with Gasteiger partial charge in [-0.25, -0.2) is 0 Å². The Hall–Kier alpha value is -3.08. The summed E-state index contributed by atoms with van der Waals surface area (Å²) in [7, 11) is 0. The Bertz CT molecular complexity index is 816. The van der Waals surface area contributed by atoms with Crippen molar-refractivity contribution in [2.45, 2.75) is 25.8 Å². The van der Waals surface area contributed by atoms with E-state index in [-0.39, 0.29) is 17.9 Å². The Morgan fingerprint density at radius 2 is 1.93 bits per heavy atom. The number of hydrogen-bond donors (Lipinski definition) is 1. The maximum absolute atomic E-state index is 12.5. The van der Waals surface area contributed by atoms with Crippen LogP contribution in [-0.2, 0) is 9.59 Å². The highest BCUT2D eigenvalue weighted by Gasteiger charge is 2.24. The molecule has 3 rings (SSSR count). The second kappa shape index (κ2) is 9.74. The first-order valence-corrected chi connectivity index (χ1v) is 9.70. The Morgan fingerprint density at radius 1 is 1.18 bits per heavy atom. The van der Waals surface area contributed by atoms with Gasteiger partial charge in [0.15, 0.2) is 0 Å². The SMILES string of the molecule is CCOc1ccc(C=CC(=O)NC(CN2CCCC2=O)c2ccccc2)cc1. The zero-order valence-corrected chi connectivity index (χ0v) is 16.1. The van der Waals surface area contributed by atoms with Gasteiger partial charge < -0.3 is 15.0 Å². The van der Waals surface area contributed by atoms with Gasteiger partial charge in [0.05, 0.1) is 12.6 Å². The summed E-state index contributed by atoms with van der Waals surface area (Å²) >= 11 is 0. The third kappa shape index (κ3) is 5.46. The summed E-state index contributed by atoms with van der Waals surface area (Å²) < 4.78 is 5.42. The number of rotatable bonds is 8. The zero-order chi connectivity index (χ0) is 19.8. The molecule has 28 heavy (non-hydrogen) atoms. The van der Waals surface area contributed by atoms with E-state index in [4.69, 9.17) is 4.74 Å². The molecule has 1 fully saturated rings. The van der Waals surface area contributed by atoms with E-state index in [1.165, 1.54) is 6.08 Å². The summed E-state index contributed by atoms with van der Waals surface area (Å²) in [5, 5.41) is 3.04. The van der Waals surface area contributed by atoms with Gasteiger partial charge in [-0.3, -0.25) is 9.59 Å². The molecular formula is C23H26N2O3. The fraction of sp³-hybridized carbons (Fsp3) is 0.304. The lowest BCUT2D eigenvalue weighted by Crippen LogP contribution is -2.38. The quantitative estimate of drug-likeness (QED) is 0.715. The molecule has 0 saturated carbocycles. The van der Waals surface area contributed by atoms with E-state index in [1.807, 2.05) is 66.4 Å². The summed E-state index contributed by atoms with van der Waals surface area (Å²) in [6.45, 7) is 3.81. The number of carbonyl (C=O) groups is 2. The van der Waals surface area contributed by atoms with Gasteiger partial charge in [0.1, 0.15) is 5.75 Å². The van der Waals surface area contributed by atoms with Crippen LogP contribution in [0.4, 0.5) is 0 Å². The number of nitrogens with one attached hydrogen (secondary N) is 1. The van der Waals surface area contributed by atoms with E-state index in [9.17, 15) is 9.59 Å². The molecule has 2 amide bonds. The fourth-order valence-electron chi connectivity index (χ4n) is 3.27. The van der Waals surface area contributed by atoms with Crippen molar-refractivity contribution in [1.29, 1.82) is 0 Å². The maximum atomic E-state index is 12.5. The van der Waals surface area contributed by atoms with Crippen molar-refractivity contribution >= 4 is 17.9 Å². The third-order valence-electron chi connectivity index (χ3n) is 4.71. The van der Waals surface area contributed by atoms with Crippen LogP contribution in [0.3, 0.4) is 0 Å². The number of carbonyl (C=O) groups excluding carboxylic acids is 2. The van der Waals surface area contributed by atoms with E-state index < -0.39 is 0 Å². The van der Waals surface area contributed by atoms with Crippen LogP contribution < -0.4 is 10.1 Å². The van der Waals surface area contributed by atoms with Crippen LogP contribution in [0, 0.1) is 0 Å². The van der Waals surface area contributed by atoms with E-state index in [0.29, 0.717) is 19.6 Å². The molecule has 0 aliphatic carbocycles. The Kier molecular flexibility index (Phi) is 6.84. The number of amides is 2. The normalized spacial score (nSPS) is 15.0. The molecule has 1 aliphatic heterocycles. The first-order chi connectivity index (χ1) is 13.7. The minimum absolute atomic E-state index is 0.153. The lowest BCUT2D eigenvalue weighted by Gasteiger charge is -2.24. The van der Waals surface area contributed by atoms with Crippen molar-refractivity contribution < 1.29 is 14.3 Å². The average molecular weight is 378 g/mol. The van der Waals surface area contributed by atoms with Crippen molar-refractivity contribution in [3.05, 3.63) is 71.8 Å². The van der Waals surface area contributed by atoms with Gasteiger partial charge >= 0.3 is 0 Å². The molecule has 146 valence electrons. The van der Waals surface area contributed by atoms with Crippen molar-refractivity contribution in [2.24, 2.45) is 0 Å². The molecule has 1 saturated heterocycles. The minimum Gasteiger partial charge on any atom is -0.494 e. The monoisotopic (exact) mass is 378 g/mol. The van der Waals surface area contributed by atoms with E-state index in [1.54, 1.807) is 6.08 Å². The number of hydrogen-bond acceptors (Lipinski definition) is 3. The van der Waals surface area contributed by atoms with E-state index >= 15 is 0 Å². The number of nitrogens with zero attached hydrogens (tertiary/aromatic N) is 1. The third-order valence-corrected chi connectivity index (χ3v) is 4.71. The summed E-state index contributed by atoms with van der Waals surface area (Å²) in [6.07, 6.45) is 4.77. The molecule has 2 aromatic rings. The predicted molar refractivity (Wildman–Crippen MR) is 110 cm³/mol. The van der Waals surface area contributed by atoms with Gasteiger partial charge in [-0.2, -0.15) is 0 Å². The molecule has 0 spiro atoms. The second-order valence-corrected chi connectivity index (χ2v) is 6.75. The lowest BCUT2D eigenvalue weighted by molar-refractivity contribution is -0.128. The van der Waals surface area contributed by atoms with Crippen LogP contribution in [0.5, 0.6) is 5.75 Å². The van der Waals surface area contributed by atoms with Gasteiger partial charge in [-0.1, -0.05) is 42.5 Å². The van der Waals surface area contributed by atoms with Gasteiger partial charge in [0.25, 0.3) is 0 Å². The van der Waals surface area contributed by atoms with Crippen LogP contribution in [0.1, 0.15) is 36.9 Å². The molecule has 5 heteroatoms. The second-order valence-electron chi connectivity index (χ2n) is 6.75. The maximum Gasteiger partial charge on any atom is 0.244 e. The van der Waals surface area contributed by atoms with Crippen LogP contribution in [-0.4, -0.2) is 36.4 Å². The van der Waals surface area contributed by atoms with Crippen LogP contribution in [0.2, 0.25) is 0 Å². The van der Waals surface area contributed by atoms with Crippen molar-refractivity contribution in [1.82, 2.24) is 10.2 Å². The molecule has 0 bridgehead atoms. The lowest BCUT2D eigenvalue weighted by atomic mass is 10.1. The highest BCUT2D eigenvalue weighted by Crippen LogP contribution is 2.19. The average Bonchev–Trinajstić information content (AvgIpc) is 3.12. The predicted octanol–water partition coefficient (Wildman–Crippen LogP) is 3.58. The Labute approximate surface area is 166 Å². The van der Waals surface area contributed by atoms with Crippen molar-refractivity contribution in [2.75, 3.05) is 19.7 Å². The Balaban J connectivity index is 1.65. The summed E-state index contributed by atoms with van der Waals surface area (Å²) in [6, 6.07) is 17.1. The first kappa shape index (κ1) is 19.7. The molecule has 1 unspecified atom stereocenters. The summed E-state index contributed by atoms with van der Waals surface area (Å²) in [4.78, 5) is 26.3. The number of ether oxygens (including phenoxy) is 1. The van der Waals surface area contributed by atoms with Gasteiger partial charge in [-0.15, -0.1) is 0 Å². The molecule has 1 N–H and O–H groups in total. The summed E-state index contributed by atoms with van der Waals surface area (Å²) in [5.74, 6) is 0.776. The first-order valence-electron chi connectivity index (χ1n) is 9.70. The van der Waals surface area contributed by atoms with Crippen LogP contribution >= 0.6 is 0 Å². The van der Waals surface area contributed by atoms with Gasteiger partial charge in [0, 0.05) is 25.6 Å². The molecule has 0 aromatic heterocycles. The minimum atomic E-state index is -0.235. The van der Waals surface area contributed by atoms with Crippen LogP contribution in [0.25, 0.3) is 6.08 Å². The van der Waals surface area contributed by atoms with Crippen molar-refractivity contribution in [3.63, 3.8) is 0 Å². The number of benzene rings is 2. The number of likely N-dealkylation sites (tertiary alicyclic amines) is 1. The Morgan fingerprint density at radius 3 is 2.57 bits per heavy atom. The molecular weight excluding hydrogens is 352 g/mol. The smallest absolute Gasteiger partial charge is 0.244 e. The molecule has 5 nitrogen and oxygen atoms in total. The van der Waals surface area contributed by atoms with Crippen molar-refractivity contribution in [3.8, 4) is 5.75 Å². The highest BCUT2D eigenvalue weighted by atomic mass is 16.5. The highest BCUT2D eigenvalue weighted by molar-refractivity contribution is 5.92. The van der Waals surface area contributed by atoms with E-state index in [0.717, 1.165) is 29.8 Å². The largest absolute Gasteiger partial charge is 0.494 e. The molecule has 1 atom stereocenters. The van der Waals surface area contributed by atoms with E-state index in [2.05, 4.69) is 5.32 Å². The fourth-order valence-corrected chi connectivity index (χ4v) is 3.27. The molecule has 2 aromatic carbocycles. The standard InChI is InChI=1S/C23H26N2O3/c1-2-28-20-13-10-18(11-14-20)12-15-22(26)24-21(19-7-4-3-5-8-19)17-25-16-6-9-23(25)27/h3-5,7-8,10-15,21H,2,6,9,16-17H2,1H3,(H,24,26). The zero-order valence-electron chi connectivity index (χ0n) is 16.1. The molecule has 0 radical (unpaired) electrons. The molecule has 1 aliphatic rings. The van der Waals surface area contributed by atoms with Gasteiger partial charge in [-0.05, 0) is 42.7 Å². The molecule has 1 heterocycles. The van der Waals surface area contributed by atoms with Crippen LogP contribution in [0.15, 0.2) is 60.7 Å². The topological polar surface area (TPSA) is 58.6 Å². The summed E-state index contributed by atoms with van der Waals surface area (Å²) in [5.41, 5.74) is 1.91. The van der Waals surface area contributed by atoms with Gasteiger partial charge in [0.2, 0.25) is 11.8 Å².